The average Bonchev–Trinajstić information content (AvgIpc) is 2.44. The summed E-state index contributed by atoms with van der Waals surface area (Å²) in [6.45, 7) is 1.50. The molecule has 1 aromatic rings. The Morgan fingerprint density at radius 1 is 1.33 bits per heavy atom. The number of aliphatic hydroxyl groups excluding tert-OH is 1. The number of likely N-dealkylation sites (N-methyl/N-ethyl adjacent to an activating group) is 1. The van der Waals surface area contributed by atoms with Crippen LogP contribution in [0.2, 0.25) is 0 Å². The van der Waals surface area contributed by atoms with Gasteiger partial charge >= 0.3 is 5.97 Å². The van der Waals surface area contributed by atoms with Gasteiger partial charge in [0.25, 0.3) is 0 Å². The molecule has 0 heterocycles. The fourth-order valence-corrected chi connectivity index (χ4v) is 1.97. The zero-order valence-corrected chi connectivity index (χ0v) is 12.8. The fourth-order valence-electron chi connectivity index (χ4n) is 1.97. The average molecular weight is 296 g/mol. The molecule has 6 nitrogen and oxygen atoms in total. The van der Waals surface area contributed by atoms with Gasteiger partial charge in [-0.25, -0.2) is 0 Å². The molecule has 21 heavy (non-hydrogen) atoms. The summed E-state index contributed by atoms with van der Waals surface area (Å²) in [6.07, 6.45) is -0.749. The van der Waals surface area contributed by atoms with E-state index in [2.05, 4.69) is 0 Å². The van der Waals surface area contributed by atoms with Gasteiger partial charge < -0.3 is 19.8 Å². The van der Waals surface area contributed by atoms with Gasteiger partial charge in [-0.2, -0.15) is 0 Å². The molecule has 118 valence electrons. The number of methoxy groups -OCH3 is 1. The number of rotatable bonds is 9. The molecule has 0 saturated heterocycles. The number of carbonyl (C=O) groups is 1. The molecule has 0 bridgehead atoms. The van der Waals surface area contributed by atoms with E-state index in [-0.39, 0.29) is 13.1 Å². The molecule has 0 aromatic heterocycles. The molecule has 0 aliphatic carbocycles. The maximum absolute atomic E-state index is 10.9. The van der Waals surface area contributed by atoms with Crippen molar-refractivity contribution in [2.24, 2.45) is 0 Å². The van der Waals surface area contributed by atoms with Crippen molar-refractivity contribution < 1.29 is 19.7 Å². The van der Waals surface area contributed by atoms with Crippen LogP contribution < -0.4 is 4.74 Å². The minimum absolute atomic E-state index is 0.0884. The van der Waals surface area contributed by atoms with Gasteiger partial charge in [-0.1, -0.05) is 12.1 Å². The van der Waals surface area contributed by atoms with E-state index < -0.39 is 12.1 Å². The Bertz CT molecular complexity index is 451. The second-order valence-electron chi connectivity index (χ2n) is 5.22. The van der Waals surface area contributed by atoms with Gasteiger partial charge in [0.05, 0.1) is 19.8 Å². The summed E-state index contributed by atoms with van der Waals surface area (Å²) in [7, 11) is 5.42. The van der Waals surface area contributed by atoms with Gasteiger partial charge in [-0.05, 0) is 31.8 Å². The van der Waals surface area contributed by atoms with Gasteiger partial charge in [-0.3, -0.25) is 9.69 Å². The predicted octanol–water partition coefficient (Wildman–Crippen LogP) is 0.677. The minimum Gasteiger partial charge on any atom is -0.497 e. The molecule has 1 atom stereocenters. The molecule has 1 unspecified atom stereocenters. The minimum atomic E-state index is -0.897. The van der Waals surface area contributed by atoms with E-state index in [0.29, 0.717) is 12.3 Å². The summed E-state index contributed by atoms with van der Waals surface area (Å²) in [6, 6.07) is 7.17. The van der Waals surface area contributed by atoms with Gasteiger partial charge in [0.1, 0.15) is 5.75 Å². The van der Waals surface area contributed by atoms with E-state index >= 15 is 0 Å². The first-order chi connectivity index (χ1) is 9.92. The number of nitrogens with zero attached hydrogens (tertiary/aromatic N) is 2. The molecule has 0 saturated carbocycles. The van der Waals surface area contributed by atoms with Crippen LogP contribution in [0.1, 0.15) is 11.7 Å². The molecule has 0 spiro atoms. The number of carboxylic acid groups (broad SMARTS) is 1. The number of aliphatic carboxylic acids is 1. The lowest BCUT2D eigenvalue weighted by Crippen LogP contribution is -2.38. The second kappa shape index (κ2) is 8.61. The van der Waals surface area contributed by atoms with Gasteiger partial charge in [0.15, 0.2) is 0 Å². The molecule has 1 aromatic carbocycles. The molecule has 2 N–H and O–H groups in total. The molecule has 0 radical (unpaired) electrons. The van der Waals surface area contributed by atoms with E-state index in [4.69, 9.17) is 9.84 Å². The molecule has 0 amide bonds. The van der Waals surface area contributed by atoms with Crippen molar-refractivity contribution in [2.45, 2.75) is 6.10 Å². The molecule has 1 rings (SSSR count). The highest BCUT2D eigenvalue weighted by molar-refractivity contribution is 5.69. The van der Waals surface area contributed by atoms with E-state index in [9.17, 15) is 9.90 Å². The third-order valence-corrected chi connectivity index (χ3v) is 3.13. The lowest BCUT2D eigenvalue weighted by Gasteiger charge is -2.25. The number of hydrogen-bond acceptors (Lipinski definition) is 5. The molecular weight excluding hydrogens is 272 g/mol. The van der Waals surface area contributed by atoms with Crippen LogP contribution in [-0.2, 0) is 4.79 Å². The number of aliphatic hydroxyl groups is 1. The van der Waals surface area contributed by atoms with Crippen LogP contribution in [-0.4, -0.2) is 73.4 Å². The Balaban J connectivity index is 2.68. The van der Waals surface area contributed by atoms with Crippen LogP contribution in [0.3, 0.4) is 0 Å². The highest BCUT2D eigenvalue weighted by Crippen LogP contribution is 2.19. The second-order valence-corrected chi connectivity index (χ2v) is 5.22. The van der Waals surface area contributed by atoms with Crippen molar-refractivity contribution >= 4 is 5.97 Å². The maximum atomic E-state index is 10.9. The van der Waals surface area contributed by atoms with Crippen LogP contribution >= 0.6 is 0 Å². The third-order valence-electron chi connectivity index (χ3n) is 3.13. The maximum Gasteiger partial charge on any atom is 0.317 e. The molecule has 0 fully saturated rings. The normalized spacial score (nSPS) is 12.7. The summed E-state index contributed by atoms with van der Waals surface area (Å²) < 4.78 is 5.13. The zero-order valence-electron chi connectivity index (χ0n) is 12.8. The SMILES string of the molecule is COc1cccc(C(O)CN(CCN(C)C)CC(=O)O)c1. The highest BCUT2D eigenvalue weighted by Gasteiger charge is 2.16. The van der Waals surface area contributed by atoms with Crippen molar-refractivity contribution in [3.63, 3.8) is 0 Å². The monoisotopic (exact) mass is 296 g/mol. The summed E-state index contributed by atoms with van der Waals surface area (Å²) in [5.41, 5.74) is 0.717. The van der Waals surface area contributed by atoms with Crippen LogP contribution in [0.25, 0.3) is 0 Å². The molecule has 0 aliphatic heterocycles. The van der Waals surface area contributed by atoms with Gasteiger partial charge in [-0.15, -0.1) is 0 Å². The van der Waals surface area contributed by atoms with Crippen molar-refractivity contribution in [3.8, 4) is 5.75 Å². The molecular formula is C15H24N2O4. The van der Waals surface area contributed by atoms with Crippen LogP contribution in [0.5, 0.6) is 5.75 Å². The number of carboxylic acids is 1. The van der Waals surface area contributed by atoms with E-state index in [0.717, 1.165) is 12.1 Å². The quantitative estimate of drug-likeness (QED) is 0.698. The first-order valence-electron chi connectivity index (χ1n) is 6.83. The van der Waals surface area contributed by atoms with Crippen LogP contribution in [0.15, 0.2) is 24.3 Å². The van der Waals surface area contributed by atoms with Crippen LogP contribution in [0, 0.1) is 0 Å². The Morgan fingerprint density at radius 3 is 2.62 bits per heavy atom. The lowest BCUT2D eigenvalue weighted by molar-refractivity contribution is -0.138. The summed E-state index contributed by atoms with van der Waals surface area (Å²) >= 11 is 0. The predicted molar refractivity (Wildman–Crippen MR) is 80.6 cm³/mol. The third kappa shape index (κ3) is 6.57. The highest BCUT2D eigenvalue weighted by atomic mass is 16.5. The summed E-state index contributed by atoms with van der Waals surface area (Å²) in [4.78, 5) is 14.6. The van der Waals surface area contributed by atoms with Crippen molar-refractivity contribution in [3.05, 3.63) is 29.8 Å². The first kappa shape index (κ1) is 17.4. The smallest absolute Gasteiger partial charge is 0.317 e. The Kier molecular flexibility index (Phi) is 7.14. The van der Waals surface area contributed by atoms with Gasteiger partial charge in [0.2, 0.25) is 0 Å². The molecule has 0 aliphatic rings. The van der Waals surface area contributed by atoms with Crippen molar-refractivity contribution in [1.82, 2.24) is 9.80 Å². The Labute approximate surface area is 125 Å². The topological polar surface area (TPSA) is 73.2 Å². The van der Waals surface area contributed by atoms with E-state index in [1.165, 1.54) is 0 Å². The van der Waals surface area contributed by atoms with Crippen molar-refractivity contribution in [2.75, 3.05) is 47.4 Å². The van der Waals surface area contributed by atoms with Crippen molar-refractivity contribution in [1.29, 1.82) is 0 Å². The standard InChI is InChI=1S/C15H24N2O4/c1-16(2)7-8-17(11-15(19)20)10-14(18)12-5-4-6-13(9-12)21-3/h4-6,9,14,18H,7-8,10-11H2,1-3H3,(H,19,20). The largest absolute Gasteiger partial charge is 0.497 e. The van der Waals surface area contributed by atoms with Gasteiger partial charge in [0, 0.05) is 19.6 Å². The summed E-state index contributed by atoms with van der Waals surface area (Å²) in [5, 5.41) is 19.2. The summed E-state index contributed by atoms with van der Waals surface area (Å²) in [5.74, 6) is -0.226. The Hall–Kier alpha value is -1.63. The number of hydrogen-bond donors (Lipinski definition) is 2. The Morgan fingerprint density at radius 2 is 2.05 bits per heavy atom. The molecule has 6 heteroatoms. The van der Waals surface area contributed by atoms with E-state index in [1.54, 1.807) is 36.3 Å². The zero-order chi connectivity index (χ0) is 15.8. The van der Waals surface area contributed by atoms with Crippen LogP contribution in [0.4, 0.5) is 0 Å². The number of ether oxygens (including phenoxy) is 1. The fraction of sp³-hybridized carbons (Fsp3) is 0.533. The first-order valence-corrected chi connectivity index (χ1v) is 6.83. The lowest BCUT2D eigenvalue weighted by atomic mass is 10.1. The van der Waals surface area contributed by atoms with E-state index in [1.807, 2.05) is 19.0 Å². The number of benzene rings is 1.